The van der Waals surface area contributed by atoms with E-state index in [0.717, 1.165) is 44.5 Å². The monoisotopic (exact) mass is 278 g/mol. The molecule has 0 spiro atoms. The van der Waals surface area contributed by atoms with Gasteiger partial charge in [-0.25, -0.2) is 0 Å². The number of likely N-dealkylation sites (tertiary alicyclic amines) is 1. The third kappa shape index (κ3) is 4.00. The molecule has 19 heavy (non-hydrogen) atoms. The van der Waals surface area contributed by atoms with Crippen molar-refractivity contribution in [2.24, 2.45) is 5.73 Å². The highest BCUT2D eigenvalue weighted by Gasteiger charge is 2.25. The average molecular weight is 278 g/mol. The summed E-state index contributed by atoms with van der Waals surface area (Å²) in [6, 6.07) is 8.04. The van der Waals surface area contributed by atoms with E-state index in [0.29, 0.717) is 4.99 Å². The number of nitrogens with two attached hydrogens (primary N) is 1. The Bertz CT molecular complexity index is 459. The summed E-state index contributed by atoms with van der Waals surface area (Å²) in [5.41, 5.74) is 7.39. The second-order valence-corrected chi connectivity index (χ2v) is 6.09. The number of nitrogens with zero attached hydrogens (tertiary/aromatic N) is 1. The lowest BCUT2D eigenvalue weighted by molar-refractivity contribution is 0.0444. The maximum Gasteiger partial charge on any atom is 0.104 e. The zero-order chi connectivity index (χ0) is 13.9. The Hall–Kier alpha value is -0.970. The minimum atomic E-state index is -0.516. The van der Waals surface area contributed by atoms with Crippen LogP contribution in [-0.2, 0) is 6.54 Å². The Labute approximate surface area is 120 Å². The molecule has 2 rings (SSSR count). The lowest BCUT2D eigenvalue weighted by Crippen LogP contribution is -2.28. The normalized spacial score (nSPS) is 24.9. The van der Waals surface area contributed by atoms with E-state index in [4.69, 9.17) is 18.0 Å². The molecular formula is C15H22N2OS. The minimum Gasteiger partial charge on any atom is -0.390 e. The van der Waals surface area contributed by atoms with Crippen LogP contribution in [0.15, 0.2) is 24.3 Å². The number of benzene rings is 1. The van der Waals surface area contributed by atoms with Crippen molar-refractivity contribution in [3.63, 3.8) is 0 Å². The lowest BCUT2D eigenvalue weighted by atomic mass is 9.98. The van der Waals surface area contributed by atoms with Gasteiger partial charge in [0, 0.05) is 18.7 Å². The van der Waals surface area contributed by atoms with Crippen molar-refractivity contribution in [1.29, 1.82) is 0 Å². The van der Waals surface area contributed by atoms with Gasteiger partial charge >= 0.3 is 0 Å². The SMILES string of the molecule is CC1(O)CCCN(Cc2ccccc2C(N)=S)CC1. The van der Waals surface area contributed by atoms with E-state index < -0.39 is 5.60 Å². The molecule has 1 aromatic rings. The molecule has 0 aliphatic carbocycles. The minimum absolute atomic E-state index is 0.456. The Morgan fingerprint density at radius 2 is 2.11 bits per heavy atom. The fourth-order valence-corrected chi connectivity index (χ4v) is 2.82. The molecule has 1 aliphatic rings. The first-order valence-electron chi connectivity index (χ1n) is 6.80. The molecular weight excluding hydrogens is 256 g/mol. The molecule has 1 aromatic carbocycles. The number of hydrogen-bond acceptors (Lipinski definition) is 3. The summed E-state index contributed by atoms with van der Waals surface area (Å²) < 4.78 is 0. The molecule has 4 heteroatoms. The molecule has 1 fully saturated rings. The van der Waals surface area contributed by atoms with Gasteiger partial charge in [0.05, 0.1) is 5.60 Å². The maximum atomic E-state index is 10.1. The largest absolute Gasteiger partial charge is 0.390 e. The van der Waals surface area contributed by atoms with Crippen molar-refractivity contribution in [3.05, 3.63) is 35.4 Å². The molecule has 0 amide bonds. The summed E-state index contributed by atoms with van der Waals surface area (Å²) in [5, 5.41) is 10.1. The van der Waals surface area contributed by atoms with Crippen molar-refractivity contribution in [2.45, 2.75) is 38.3 Å². The summed E-state index contributed by atoms with van der Waals surface area (Å²) in [6.45, 7) is 4.71. The molecule has 3 N–H and O–H groups in total. The van der Waals surface area contributed by atoms with Crippen LogP contribution in [0, 0.1) is 0 Å². The zero-order valence-corrected chi connectivity index (χ0v) is 12.2. The third-order valence-electron chi connectivity index (χ3n) is 3.83. The van der Waals surface area contributed by atoms with E-state index in [1.807, 2.05) is 25.1 Å². The van der Waals surface area contributed by atoms with Crippen molar-refractivity contribution >= 4 is 17.2 Å². The van der Waals surface area contributed by atoms with Crippen molar-refractivity contribution in [1.82, 2.24) is 4.90 Å². The van der Waals surface area contributed by atoms with Crippen LogP contribution in [0.5, 0.6) is 0 Å². The molecule has 1 saturated heterocycles. The van der Waals surface area contributed by atoms with E-state index in [9.17, 15) is 5.11 Å². The first-order valence-corrected chi connectivity index (χ1v) is 7.21. The molecule has 1 atom stereocenters. The van der Waals surface area contributed by atoms with Gasteiger partial charge < -0.3 is 10.8 Å². The zero-order valence-electron chi connectivity index (χ0n) is 11.4. The van der Waals surface area contributed by atoms with E-state index in [1.165, 1.54) is 5.56 Å². The van der Waals surface area contributed by atoms with Crippen LogP contribution in [0.1, 0.15) is 37.3 Å². The molecule has 3 nitrogen and oxygen atoms in total. The quantitative estimate of drug-likeness (QED) is 0.831. The first kappa shape index (κ1) is 14.4. The van der Waals surface area contributed by atoms with Gasteiger partial charge in [0.25, 0.3) is 0 Å². The molecule has 1 heterocycles. The van der Waals surface area contributed by atoms with Gasteiger partial charge in [0.1, 0.15) is 4.99 Å². The molecule has 104 valence electrons. The fourth-order valence-electron chi connectivity index (χ4n) is 2.62. The summed E-state index contributed by atoms with van der Waals surface area (Å²) in [7, 11) is 0. The predicted octanol–water partition coefficient (Wildman–Crippen LogP) is 2.06. The fraction of sp³-hybridized carbons (Fsp3) is 0.533. The highest BCUT2D eigenvalue weighted by molar-refractivity contribution is 7.80. The van der Waals surface area contributed by atoms with Crippen molar-refractivity contribution < 1.29 is 5.11 Å². The Morgan fingerprint density at radius 1 is 1.37 bits per heavy atom. The van der Waals surface area contributed by atoms with Crippen LogP contribution in [0.3, 0.4) is 0 Å². The van der Waals surface area contributed by atoms with Gasteiger partial charge in [0.2, 0.25) is 0 Å². The van der Waals surface area contributed by atoms with Crippen LogP contribution < -0.4 is 5.73 Å². The molecule has 0 bridgehead atoms. The van der Waals surface area contributed by atoms with Crippen molar-refractivity contribution in [2.75, 3.05) is 13.1 Å². The van der Waals surface area contributed by atoms with Crippen LogP contribution in [0.2, 0.25) is 0 Å². The molecule has 0 aromatic heterocycles. The smallest absolute Gasteiger partial charge is 0.104 e. The maximum absolute atomic E-state index is 10.1. The highest BCUT2D eigenvalue weighted by Crippen LogP contribution is 2.23. The van der Waals surface area contributed by atoms with Gasteiger partial charge in [-0.15, -0.1) is 0 Å². The number of aliphatic hydroxyl groups is 1. The van der Waals surface area contributed by atoms with Gasteiger partial charge in [-0.3, -0.25) is 4.90 Å². The van der Waals surface area contributed by atoms with E-state index >= 15 is 0 Å². The van der Waals surface area contributed by atoms with Gasteiger partial charge in [0.15, 0.2) is 0 Å². The number of hydrogen-bond donors (Lipinski definition) is 2. The third-order valence-corrected chi connectivity index (χ3v) is 4.05. The van der Waals surface area contributed by atoms with Gasteiger partial charge in [-0.05, 0) is 38.3 Å². The molecule has 0 radical (unpaired) electrons. The number of rotatable bonds is 3. The molecule has 1 unspecified atom stereocenters. The van der Waals surface area contributed by atoms with Crippen LogP contribution in [0.4, 0.5) is 0 Å². The van der Waals surface area contributed by atoms with Crippen molar-refractivity contribution in [3.8, 4) is 0 Å². The molecule has 0 saturated carbocycles. The van der Waals surface area contributed by atoms with Crippen LogP contribution in [0.25, 0.3) is 0 Å². The Morgan fingerprint density at radius 3 is 2.84 bits per heavy atom. The van der Waals surface area contributed by atoms with Crippen LogP contribution in [-0.4, -0.2) is 33.7 Å². The first-order chi connectivity index (χ1) is 8.98. The van der Waals surface area contributed by atoms with E-state index in [1.54, 1.807) is 0 Å². The second-order valence-electron chi connectivity index (χ2n) is 5.65. The lowest BCUT2D eigenvalue weighted by Gasteiger charge is -2.23. The predicted molar refractivity (Wildman–Crippen MR) is 82.1 cm³/mol. The Kier molecular flexibility index (Phi) is 4.55. The molecule has 1 aliphatic heterocycles. The summed E-state index contributed by atoms with van der Waals surface area (Å²) in [5.74, 6) is 0. The average Bonchev–Trinajstić information content (AvgIpc) is 2.51. The topological polar surface area (TPSA) is 49.5 Å². The standard InChI is InChI=1S/C15H22N2OS/c1-15(18)7-4-9-17(10-8-15)11-12-5-2-3-6-13(12)14(16)19/h2-3,5-6,18H,4,7-11H2,1H3,(H2,16,19). The van der Waals surface area contributed by atoms with Gasteiger partial charge in [-0.1, -0.05) is 36.5 Å². The van der Waals surface area contributed by atoms with E-state index in [2.05, 4.69) is 11.0 Å². The number of thiocarbonyl (C=S) groups is 1. The van der Waals surface area contributed by atoms with E-state index in [-0.39, 0.29) is 0 Å². The summed E-state index contributed by atoms with van der Waals surface area (Å²) >= 11 is 5.10. The van der Waals surface area contributed by atoms with Crippen LogP contribution >= 0.6 is 12.2 Å². The highest BCUT2D eigenvalue weighted by atomic mass is 32.1. The Balaban J connectivity index is 2.07. The second kappa shape index (κ2) is 5.99. The van der Waals surface area contributed by atoms with Gasteiger partial charge in [-0.2, -0.15) is 0 Å². The summed E-state index contributed by atoms with van der Waals surface area (Å²) in [6.07, 6.45) is 2.73. The summed E-state index contributed by atoms with van der Waals surface area (Å²) in [4.78, 5) is 2.83.